The van der Waals surface area contributed by atoms with E-state index < -0.39 is 105 Å². The first-order valence-electron chi connectivity index (χ1n) is 28.7. The fourth-order valence-corrected chi connectivity index (χ4v) is 9.06. The molecule has 560 valence electrons. The summed E-state index contributed by atoms with van der Waals surface area (Å²) in [6, 6.07) is 30.2. The van der Waals surface area contributed by atoms with Gasteiger partial charge >= 0.3 is 6.18 Å². The molecule has 0 saturated carbocycles. The molecule has 10 aromatic rings. The van der Waals surface area contributed by atoms with E-state index in [1.165, 1.54) is 127 Å². The van der Waals surface area contributed by atoms with E-state index >= 15 is 0 Å². The fraction of sp³-hybridized carbons (Fsp3) is 0.211. The van der Waals surface area contributed by atoms with E-state index in [-0.39, 0.29) is 114 Å². The highest BCUT2D eigenvalue weighted by Gasteiger charge is 2.35. The quantitative estimate of drug-likeness (QED) is 0.0366. The Morgan fingerprint density at radius 1 is 0.423 bits per heavy atom. The number of aromatic nitrogens is 6. The van der Waals surface area contributed by atoms with Crippen LogP contribution in [0, 0.1) is 69.8 Å². The Morgan fingerprint density at radius 3 is 1.10 bits per heavy atom. The molecule has 33 heteroatoms. The number of hydrogen-bond acceptors (Lipinski definition) is 14. The standard InChI is InChI=1S/C18H11F5N2O.C12H12F2N2O.C12H10F2N2O.C9H9F2N3.C9H7F2N3.C6H6F2N2.5CH4.ClH/c19-14-6-3-7-15(20)17(14)25-9-8-11(24-25)10-16(26)12-4-1-2-5-13(12)18(21,22)23;2*1-8(17)7-9-5-6-16(15-9)12-10(13)3-2-4-11(12)14;2*10-6-2-1-3-7(11)9(6)14-5-4-8(12)13-14;7-4-2-1-3-5(8)6(4)10-9;;;;;;/h1-9H,10H2;2-4H,5-7H2,1H3;2-6H,7H2,1H3;1-3H,4-5H2,(H2,12,13);1-5H,(H2,12,13);1-3,10H,9H2;5*1H4;1H. The second kappa shape index (κ2) is 41.6. The van der Waals surface area contributed by atoms with Gasteiger partial charge in [0.05, 0.1) is 29.8 Å². The van der Waals surface area contributed by atoms with E-state index in [1.54, 1.807) is 6.07 Å². The maximum absolute atomic E-state index is 13.8. The van der Waals surface area contributed by atoms with Crippen LogP contribution < -0.4 is 32.8 Å². The second-order valence-corrected chi connectivity index (χ2v) is 20.7. The number of carbonyl (C=O) groups excluding carboxylic acids is 3. The van der Waals surface area contributed by atoms with E-state index in [1.807, 2.05) is 5.43 Å². The number of halogens is 16. The monoisotopic (exact) mass is 1490 g/mol. The van der Waals surface area contributed by atoms with Gasteiger partial charge in [-0.05, 0) is 105 Å². The van der Waals surface area contributed by atoms with Crippen molar-refractivity contribution in [3.63, 3.8) is 0 Å². The molecule has 0 amide bonds. The lowest BCUT2D eigenvalue weighted by Crippen LogP contribution is -2.15. The van der Waals surface area contributed by atoms with Gasteiger partial charge < -0.3 is 16.9 Å². The van der Waals surface area contributed by atoms with Gasteiger partial charge in [0.25, 0.3) is 0 Å². The number of nitrogens with two attached hydrogens (primary N) is 3. The Balaban J connectivity index is 0.000000630. The van der Waals surface area contributed by atoms with Crippen molar-refractivity contribution < 1.29 is 80.2 Å². The third-order valence-electron chi connectivity index (χ3n) is 13.4. The average Bonchev–Trinajstić information content (AvgIpc) is 1.62. The number of ketones is 3. The molecule has 0 saturated heterocycles. The van der Waals surface area contributed by atoms with Crippen LogP contribution in [0.4, 0.5) is 88.7 Å². The highest BCUT2D eigenvalue weighted by atomic mass is 35.5. The summed E-state index contributed by atoms with van der Waals surface area (Å²) < 4.78 is 201. The van der Waals surface area contributed by atoms with Crippen molar-refractivity contribution in [1.29, 1.82) is 0 Å². The van der Waals surface area contributed by atoms with Gasteiger partial charge in [-0.2, -0.15) is 38.7 Å². The van der Waals surface area contributed by atoms with E-state index in [0.29, 0.717) is 43.2 Å². The fourth-order valence-electron chi connectivity index (χ4n) is 9.06. The molecule has 7 N–H and O–H groups in total. The van der Waals surface area contributed by atoms with Gasteiger partial charge in [0.2, 0.25) is 0 Å². The van der Waals surface area contributed by atoms with Crippen LogP contribution in [0.15, 0.2) is 180 Å². The molecule has 104 heavy (non-hydrogen) atoms. The number of hydrazone groups is 2. The average molecular weight is 1490 g/mol. The van der Waals surface area contributed by atoms with Crippen molar-refractivity contribution in [3.8, 4) is 17.1 Å². The highest BCUT2D eigenvalue weighted by Crippen LogP contribution is 2.33. The maximum atomic E-state index is 13.8. The molecule has 17 nitrogen and oxygen atoms in total. The third-order valence-corrected chi connectivity index (χ3v) is 13.4. The number of rotatable bonds is 13. The van der Waals surface area contributed by atoms with Crippen LogP contribution in [-0.4, -0.2) is 71.3 Å². The van der Waals surface area contributed by atoms with Gasteiger partial charge in [0, 0.05) is 68.3 Å². The minimum absolute atomic E-state index is 0. The van der Waals surface area contributed by atoms with Gasteiger partial charge in [-0.1, -0.05) is 91.7 Å². The van der Waals surface area contributed by atoms with E-state index in [2.05, 4.69) is 25.5 Å². The summed E-state index contributed by atoms with van der Waals surface area (Å²) in [6.45, 7) is 3.72. The lowest BCUT2D eigenvalue weighted by Gasteiger charge is -2.14. The number of hydrogen-bond donors (Lipinski definition) is 4. The number of hydrazine groups is 1. The molecule has 0 atom stereocenters. The summed E-state index contributed by atoms with van der Waals surface area (Å²) in [5.41, 5.74) is 10.9. The van der Waals surface area contributed by atoms with Gasteiger partial charge in [-0.15, -0.1) is 12.4 Å². The largest absolute Gasteiger partial charge is 0.417 e. The van der Waals surface area contributed by atoms with Crippen LogP contribution in [0.25, 0.3) is 17.1 Å². The number of benzene rings is 7. The predicted molar refractivity (Wildman–Crippen MR) is 375 cm³/mol. The van der Waals surface area contributed by atoms with Crippen LogP contribution in [-0.2, 0) is 28.6 Å². The zero-order valence-corrected chi connectivity index (χ0v) is 52.4. The first-order chi connectivity index (χ1) is 46.5. The molecule has 3 aromatic heterocycles. The Labute approximate surface area is 596 Å². The second-order valence-electron chi connectivity index (χ2n) is 20.7. The van der Waals surface area contributed by atoms with Crippen LogP contribution in [0.3, 0.4) is 0 Å². The van der Waals surface area contributed by atoms with Crippen LogP contribution in [0.1, 0.15) is 97.6 Å². The Kier molecular flexibility index (Phi) is 36.3. The summed E-state index contributed by atoms with van der Waals surface area (Å²) in [5.74, 6) is -3.76. The number of nitrogens with one attached hydrogen (secondary N) is 1. The first-order valence-corrected chi connectivity index (χ1v) is 28.7. The molecule has 7 aromatic carbocycles. The van der Waals surface area contributed by atoms with Crippen LogP contribution in [0.5, 0.6) is 0 Å². The Bertz CT molecular complexity index is 4410. The summed E-state index contributed by atoms with van der Waals surface area (Å²) >= 11 is 0. The smallest absolute Gasteiger partial charge is 0.386 e. The van der Waals surface area contributed by atoms with E-state index in [0.717, 1.165) is 74.7 Å². The van der Waals surface area contributed by atoms with Gasteiger partial charge in [0.15, 0.2) is 75.6 Å². The first kappa shape index (κ1) is 90.7. The SMILES string of the molecule is C.C.C.C.C.CC(=O)CC1=NN(c2c(F)cccc2F)CC1.CC(=O)Cc1ccn(-c2c(F)cccc2F)n1.Cl.NC1=NN(c2c(F)cccc2F)CC1.NNc1c(F)cccc1F.Nc1ccn(-c2c(F)cccc2F)n1.O=C(Cc1ccn(-c2c(F)cccc2F)n1)c1ccccc1C(F)(F)F. The molecule has 0 unspecified atom stereocenters. The molecule has 0 spiro atoms. The van der Waals surface area contributed by atoms with Crippen molar-refractivity contribution in [3.05, 3.63) is 263 Å². The molecule has 0 bridgehead atoms. The molecular formula is C71H76ClF15N14O3. The normalized spacial score (nSPS) is 11.5. The minimum atomic E-state index is -4.66. The number of Topliss-reactive ketones (excluding diaryl/α,β-unsaturated/α-hetero) is 3. The summed E-state index contributed by atoms with van der Waals surface area (Å²) in [5, 5.41) is 22.0. The zero-order valence-electron chi connectivity index (χ0n) is 51.6. The molecule has 0 aliphatic carbocycles. The Morgan fingerprint density at radius 2 is 0.760 bits per heavy atom. The van der Waals surface area contributed by atoms with Crippen molar-refractivity contribution >= 4 is 64.2 Å². The van der Waals surface area contributed by atoms with Crippen molar-refractivity contribution in [2.45, 2.75) is 89.3 Å². The number of anilines is 4. The number of alkyl halides is 3. The molecule has 5 heterocycles. The third kappa shape index (κ3) is 24.5. The zero-order chi connectivity index (χ0) is 71.5. The van der Waals surface area contributed by atoms with Gasteiger partial charge in [0.1, 0.15) is 57.3 Å². The van der Waals surface area contributed by atoms with Crippen molar-refractivity contribution in [2.24, 2.45) is 21.8 Å². The summed E-state index contributed by atoms with van der Waals surface area (Å²) in [7, 11) is 0. The molecule has 2 aliphatic rings. The maximum Gasteiger partial charge on any atom is 0.417 e. The van der Waals surface area contributed by atoms with E-state index in [9.17, 15) is 80.2 Å². The number of amidine groups is 1. The minimum Gasteiger partial charge on any atom is -0.386 e. The molecule has 0 radical (unpaired) electrons. The van der Waals surface area contributed by atoms with Crippen LogP contribution >= 0.6 is 12.4 Å². The number of para-hydroxylation sites is 6. The lowest BCUT2D eigenvalue weighted by atomic mass is 10.0. The van der Waals surface area contributed by atoms with Crippen LogP contribution in [0.2, 0.25) is 0 Å². The lowest BCUT2D eigenvalue weighted by molar-refractivity contribution is -0.138. The molecular weight excluding hydrogens is 1420 g/mol. The topological polar surface area (TPSA) is 226 Å². The summed E-state index contributed by atoms with van der Waals surface area (Å²) in [6.07, 6.45) is 0.464. The van der Waals surface area contributed by atoms with Gasteiger partial charge in [-0.3, -0.25) is 30.2 Å². The number of nitrogens with zero attached hydrogens (tertiary/aromatic N) is 10. The molecule has 12 rings (SSSR count). The predicted octanol–water partition coefficient (Wildman–Crippen LogP) is 17.4. The van der Waals surface area contributed by atoms with Crippen molar-refractivity contribution in [2.75, 3.05) is 34.3 Å². The number of nitrogen functional groups attached to an aromatic ring is 2. The summed E-state index contributed by atoms with van der Waals surface area (Å²) in [4.78, 5) is 34.1. The molecule has 0 fully saturated rings. The number of carbonyl (C=O) groups is 3. The molecule has 2 aliphatic heterocycles. The highest BCUT2D eigenvalue weighted by molar-refractivity contribution is 6.02. The van der Waals surface area contributed by atoms with Gasteiger partial charge in [-0.25, -0.2) is 66.7 Å². The van der Waals surface area contributed by atoms with E-state index in [4.69, 9.17) is 17.3 Å². The Hall–Kier alpha value is -11.3. The van der Waals surface area contributed by atoms with Crippen molar-refractivity contribution in [1.82, 2.24) is 29.3 Å².